The lowest BCUT2D eigenvalue weighted by atomic mass is 10.2. The van der Waals surface area contributed by atoms with Gasteiger partial charge in [-0.1, -0.05) is 0 Å². The van der Waals surface area contributed by atoms with Crippen LogP contribution in [0.5, 0.6) is 0 Å². The summed E-state index contributed by atoms with van der Waals surface area (Å²) in [7, 11) is 3.09. The molecular weight excluding hydrogens is 212 g/mol. The molecule has 0 aliphatic heterocycles. The number of rotatable bonds is 9. The van der Waals surface area contributed by atoms with Crippen LogP contribution in [-0.4, -0.2) is 69.1 Å². The van der Waals surface area contributed by atoms with E-state index in [1.165, 1.54) is 7.11 Å². The smallest absolute Gasteiger partial charge is 0.225 e. The van der Waals surface area contributed by atoms with Crippen molar-refractivity contribution < 1.29 is 19.4 Å². The molecule has 96 valence electrons. The Morgan fingerprint density at radius 3 is 2.56 bits per heavy atom. The van der Waals surface area contributed by atoms with Gasteiger partial charge in [0.25, 0.3) is 0 Å². The maximum atomic E-state index is 11.8. The van der Waals surface area contributed by atoms with E-state index in [-0.39, 0.29) is 25.0 Å². The average molecular weight is 234 g/mol. The van der Waals surface area contributed by atoms with Crippen LogP contribution in [0.3, 0.4) is 0 Å². The van der Waals surface area contributed by atoms with Crippen LogP contribution in [0.25, 0.3) is 0 Å². The molecule has 0 saturated heterocycles. The fourth-order valence-electron chi connectivity index (χ4n) is 1.27. The second-order valence-electron chi connectivity index (χ2n) is 3.39. The molecule has 0 aliphatic rings. The molecule has 1 atom stereocenters. The normalized spacial score (nSPS) is 12.5. The second kappa shape index (κ2) is 9.53. The Bertz CT molecular complexity index is 186. The van der Waals surface area contributed by atoms with Crippen LogP contribution in [-0.2, 0) is 14.3 Å². The van der Waals surface area contributed by atoms with Gasteiger partial charge < -0.3 is 25.2 Å². The SMILES string of the molecule is COCCN(CCO)C(=O)CC(CN)OC. The van der Waals surface area contributed by atoms with E-state index in [1.807, 2.05) is 0 Å². The number of methoxy groups -OCH3 is 2. The molecule has 0 bridgehead atoms. The molecule has 0 heterocycles. The largest absolute Gasteiger partial charge is 0.395 e. The third-order valence-electron chi connectivity index (χ3n) is 2.29. The quantitative estimate of drug-likeness (QED) is 0.524. The van der Waals surface area contributed by atoms with Crippen molar-refractivity contribution in [3.63, 3.8) is 0 Å². The number of nitrogens with zero attached hydrogens (tertiary/aromatic N) is 1. The number of aliphatic hydroxyl groups is 1. The van der Waals surface area contributed by atoms with Crippen molar-refractivity contribution in [1.29, 1.82) is 0 Å². The van der Waals surface area contributed by atoms with Crippen molar-refractivity contribution in [3.05, 3.63) is 0 Å². The number of hydrogen-bond donors (Lipinski definition) is 2. The maximum Gasteiger partial charge on any atom is 0.225 e. The Kier molecular flexibility index (Phi) is 9.12. The molecule has 16 heavy (non-hydrogen) atoms. The van der Waals surface area contributed by atoms with Gasteiger partial charge in [0.2, 0.25) is 5.91 Å². The predicted octanol–water partition coefficient (Wildman–Crippen LogP) is -1.18. The number of carbonyl (C=O) groups excluding carboxylic acids is 1. The van der Waals surface area contributed by atoms with Gasteiger partial charge in [-0.3, -0.25) is 4.79 Å². The van der Waals surface area contributed by atoms with E-state index in [1.54, 1.807) is 12.0 Å². The van der Waals surface area contributed by atoms with Crippen molar-refractivity contribution in [2.45, 2.75) is 12.5 Å². The first-order chi connectivity index (χ1) is 7.69. The minimum atomic E-state index is -0.267. The van der Waals surface area contributed by atoms with Crippen molar-refractivity contribution in [2.24, 2.45) is 5.73 Å². The lowest BCUT2D eigenvalue weighted by molar-refractivity contribution is -0.134. The summed E-state index contributed by atoms with van der Waals surface area (Å²) in [5, 5.41) is 8.84. The van der Waals surface area contributed by atoms with Crippen LogP contribution in [0.2, 0.25) is 0 Å². The van der Waals surface area contributed by atoms with Gasteiger partial charge in [0.15, 0.2) is 0 Å². The fraction of sp³-hybridized carbons (Fsp3) is 0.900. The second-order valence-corrected chi connectivity index (χ2v) is 3.39. The third kappa shape index (κ3) is 6.02. The highest BCUT2D eigenvalue weighted by molar-refractivity contribution is 5.76. The van der Waals surface area contributed by atoms with Gasteiger partial charge in [-0.2, -0.15) is 0 Å². The van der Waals surface area contributed by atoms with E-state index in [9.17, 15) is 4.79 Å². The fourth-order valence-corrected chi connectivity index (χ4v) is 1.27. The molecule has 1 amide bonds. The van der Waals surface area contributed by atoms with Crippen molar-refractivity contribution in [3.8, 4) is 0 Å². The van der Waals surface area contributed by atoms with Crippen LogP contribution in [0.15, 0.2) is 0 Å². The van der Waals surface area contributed by atoms with E-state index in [0.717, 1.165) is 0 Å². The van der Waals surface area contributed by atoms with Gasteiger partial charge in [0.1, 0.15) is 0 Å². The van der Waals surface area contributed by atoms with Gasteiger partial charge in [0, 0.05) is 33.9 Å². The minimum Gasteiger partial charge on any atom is -0.395 e. The summed E-state index contributed by atoms with van der Waals surface area (Å²) in [4.78, 5) is 13.3. The summed E-state index contributed by atoms with van der Waals surface area (Å²) in [5.74, 6) is -0.0802. The van der Waals surface area contributed by atoms with Crippen molar-refractivity contribution in [2.75, 3.05) is 47.1 Å². The molecule has 0 radical (unpaired) electrons. The summed E-state index contributed by atoms with van der Waals surface area (Å²) >= 11 is 0. The zero-order valence-electron chi connectivity index (χ0n) is 10.0. The van der Waals surface area contributed by atoms with Crippen LogP contribution in [0.4, 0.5) is 0 Å². The number of hydrogen-bond acceptors (Lipinski definition) is 5. The lowest BCUT2D eigenvalue weighted by Crippen LogP contribution is -2.39. The molecule has 0 aromatic heterocycles. The molecule has 1 unspecified atom stereocenters. The molecule has 0 fully saturated rings. The molecular formula is C10H22N2O4. The minimum absolute atomic E-state index is 0.0598. The van der Waals surface area contributed by atoms with E-state index in [4.69, 9.17) is 20.3 Å². The highest BCUT2D eigenvalue weighted by atomic mass is 16.5. The van der Waals surface area contributed by atoms with Gasteiger partial charge in [-0.15, -0.1) is 0 Å². The summed E-state index contributed by atoms with van der Waals surface area (Å²) < 4.78 is 9.93. The molecule has 0 saturated carbocycles. The first-order valence-electron chi connectivity index (χ1n) is 5.30. The molecule has 0 aromatic rings. The van der Waals surface area contributed by atoms with Gasteiger partial charge in [-0.25, -0.2) is 0 Å². The average Bonchev–Trinajstić information content (AvgIpc) is 2.31. The van der Waals surface area contributed by atoms with Gasteiger partial charge in [0.05, 0.1) is 25.7 Å². The number of carbonyl (C=O) groups is 1. The molecule has 0 rings (SSSR count). The predicted molar refractivity (Wildman–Crippen MR) is 60.0 cm³/mol. The monoisotopic (exact) mass is 234 g/mol. The van der Waals surface area contributed by atoms with Crippen LogP contribution < -0.4 is 5.73 Å². The topological polar surface area (TPSA) is 85.0 Å². The summed E-state index contributed by atoms with van der Waals surface area (Å²) in [6.45, 7) is 1.47. The first-order valence-corrected chi connectivity index (χ1v) is 5.30. The number of aliphatic hydroxyl groups excluding tert-OH is 1. The van der Waals surface area contributed by atoms with Gasteiger partial charge >= 0.3 is 0 Å². The Morgan fingerprint density at radius 1 is 1.44 bits per heavy atom. The van der Waals surface area contributed by atoms with E-state index in [0.29, 0.717) is 26.2 Å². The summed E-state index contributed by atoms with van der Waals surface area (Å²) in [6, 6.07) is 0. The number of amides is 1. The first kappa shape index (κ1) is 15.3. The molecule has 0 aliphatic carbocycles. The zero-order chi connectivity index (χ0) is 12.4. The van der Waals surface area contributed by atoms with E-state index in [2.05, 4.69) is 0 Å². The van der Waals surface area contributed by atoms with E-state index < -0.39 is 0 Å². The molecule has 0 spiro atoms. The van der Waals surface area contributed by atoms with Gasteiger partial charge in [-0.05, 0) is 0 Å². The van der Waals surface area contributed by atoms with Crippen molar-refractivity contribution >= 4 is 5.91 Å². The summed E-state index contributed by atoms with van der Waals surface area (Å²) in [6.07, 6.45) is -0.0345. The molecule has 6 heteroatoms. The van der Waals surface area contributed by atoms with Crippen LogP contribution in [0, 0.1) is 0 Å². The number of nitrogens with two attached hydrogens (primary N) is 1. The standard InChI is InChI=1S/C10H22N2O4/c1-15-6-4-12(3-5-13)10(14)7-9(8-11)16-2/h9,13H,3-8,11H2,1-2H3. The number of ether oxygens (including phenoxy) is 2. The Hall–Kier alpha value is -0.690. The Morgan fingerprint density at radius 2 is 2.12 bits per heavy atom. The molecule has 6 nitrogen and oxygen atoms in total. The molecule has 0 aromatic carbocycles. The molecule has 3 N–H and O–H groups in total. The zero-order valence-corrected chi connectivity index (χ0v) is 10.0. The van der Waals surface area contributed by atoms with Crippen LogP contribution in [0.1, 0.15) is 6.42 Å². The third-order valence-corrected chi connectivity index (χ3v) is 2.29. The maximum absolute atomic E-state index is 11.8. The van der Waals surface area contributed by atoms with Crippen LogP contribution >= 0.6 is 0 Å². The highest BCUT2D eigenvalue weighted by Crippen LogP contribution is 2.01. The Labute approximate surface area is 96.3 Å². The highest BCUT2D eigenvalue weighted by Gasteiger charge is 2.17. The van der Waals surface area contributed by atoms with E-state index >= 15 is 0 Å². The van der Waals surface area contributed by atoms with Crippen molar-refractivity contribution in [1.82, 2.24) is 4.90 Å². The summed E-state index contributed by atoms with van der Waals surface area (Å²) in [5.41, 5.74) is 5.44. The Balaban J connectivity index is 4.13. The lowest BCUT2D eigenvalue weighted by Gasteiger charge is -2.23.